The van der Waals surface area contributed by atoms with E-state index in [0.717, 1.165) is 0 Å². The number of benzene rings is 2. The second-order valence-electron chi connectivity index (χ2n) is 3.70. The first-order chi connectivity index (χ1) is 7.45. The van der Waals surface area contributed by atoms with Crippen LogP contribution in [0, 0.1) is 7.43 Å². The molecule has 17 heavy (non-hydrogen) atoms. The molecule has 0 aromatic heterocycles. The van der Waals surface area contributed by atoms with Gasteiger partial charge in [0.1, 0.15) is 0 Å². The van der Waals surface area contributed by atoms with Crippen LogP contribution >= 0.6 is 0 Å². The zero-order valence-electron chi connectivity index (χ0n) is 10.1. The molecule has 0 saturated carbocycles. The standard InChI is InChI=1S/C15H11.CH3.Mg/c1-2-6-12(7-3-1)15-11-10-13-8-4-5-9-14(13)15;;/h1-11H;1H3;/q2*-1;+2. The van der Waals surface area contributed by atoms with Gasteiger partial charge in [-0.2, -0.15) is 0 Å². The summed E-state index contributed by atoms with van der Waals surface area (Å²) < 4.78 is 0. The zero-order chi connectivity index (χ0) is 10.1. The molecule has 0 unspecified atom stereocenters. The Kier molecular flexibility index (Phi) is 4.85. The van der Waals surface area contributed by atoms with Crippen molar-refractivity contribution in [2.24, 2.45) is 0 Å². The van der Waals surface area contributed by atoms with Crippen molar-refractivity contribution in [3.8, 4) is 11.1 Å². The predicted octanol–water partition coefficient (Wildman–Crippen LogP) is 4.30. The van der Waals surface area contributed by atoms with E-state index >= 15 is 0 Å². The summed E-state index contributed by atoms with van der Waals surface area (Å²) in [5.41, 5.74) is 2.62. The summed E-state index contributed by atoms with van der Waals surface area (Å²) in [5, 5.41) is 2.65. The summed E-state index contributed by atoms with van der Waals surface area (Å²) in [4.78, 5) is 0. The smallest absolute Gasteiger partial charge is 0.358 e. The largest absolute Gasteiger partial charge is 2.00 e. The summed E-state index contributed by atoms with van der Waals surface area (Å²) >= 11 is 0. The maximum Gasteiger partial charge on any atom is 2.00 e. The summed E-state index contributed by atoms with van der Waals surface area (Å²) in [7, 11) is 0. The van der Waals surface area contributed by atoms with Crippen molar-refractivity contribution in [1.82, 2.24) is 0 Å². The molecule has 3 rings (SSSR count). The first-order valence-electron chi connectivity index (χ1n) is 5.15. The van der Waals surface area contributed by atoms with Crippen molar-refractivity contribution in [2.45, 2.75) is 0 Å². The van der Waals surface area contributed by atoms with Gasteiger partial charge < -0.3 is 7.43 Å². The minimum Gasteiger partial charge on any atom is -0.358 e. The molecule has 3 aromatic carbocycles. The van der Waals surface area contributed by atoms with E-state index in [1.165, 1.54) is 21.9 Å². The van der Waals surface area contributed by atoms with Gasteiger partial charge in [0.05, 0.1) is 0 Å². The molecule has 0 nitrogen and oxygen atoms in total. The molecule has 3 aromatic rings. The number of hydrogen-bond donors (Lipinski definition) is 0. The van der Waals surface area contributed by atoms with Crippen molar-refractivity contribution >= 4 is 33.8 Å². The van der Waals surface area contributed by atoms with Crippen LogP contribution in [-0.4, -0.2) is 23.1 Å². The zero-order valence-corrected chi connectivity index (χ0v) is 11.5. The average Bonchev–Trinajstić information content (AvgIpc) is 2.74. The Morgan fingerprint density at radius 1 is 0.765 bits per heavy atom. The number of rotatable bonds is 1. The van der Waals surface area contributed by atoms with Crippen LogP contribution in [-0.2, 0) is 0 Å². The first kappa shape index (κ1) is 13.9. The van der Waals surface area contributed by atoms with Crippen LogP contribution in [0.25, 0.3) is 21.9 Å². The van der Waals surface area contributed by atoms with Crippen LogP contribution < -0.4 is 0 Å². The third-order valence-electron chi connectivity index (χ3n) is 2.77. The molecule has 0 aliphatic rings. The van der Waals surface area contributed by atoms with E-state index in [-0.39, 0.29) is 30.5 Å². The van der Waals surface area contributed by atoms with Gasteiger partial charge in [-0.1, -0.05) is 42.0 Å². The van der Waals surface area contributed by atoms with Crippen molar-refractivity contribution in [1.29, 1.82) is 0 Å². The predicted molar refractivity (Wildman–Crippen MR) is 77.1 cm³/mol. The topological polar surface area (TPSA) is 0 Å². The van der Waals surface area contributed by atoms with Crippen molar-refractivity contribution in [3.63, 3.8) is 0 Å². The third kappa shape index (κ3) is 2.56. The van der Waals surface area contributed by atoms with Crippen molar-refractivity contribution in [3.05, 3.63) is 74.2 Å². The summed E-state index contributed by atoms with van der Waals surface area (Å²) in [6.07, 6.45) is 0. The van der Waals surface area contributed by atoms with E-state index in [1.807, 2.05) is 0 Å². The van der Waals surface area contributed by atoms with Crippen LogP contribution in [0.15, 0.2) is 66.7 Å². The average molecular weight is 231 g/mol. The number of hydrogen-bond acceptors (Lipinski definition) is 0. The fourth-order valence-electron chi connectivity index (χ4n) is 2.02. The Hall–Kier alpha value is -1.18. The Bertz CT molecular complexity index is 579. The van der Waals surface area contributed by atoms with E-state index in [2.05, 4.69) is 66.7 Å². The van der Waals surface area contributed by atoms with Gasteiger partial charge >= 0.3 is 23.1 Å². The van der Waals surface area contributed by atoms with Crippen LogP contribution in [0.3, 0.4) is 0 Å². The molecule has 0 aliphatic carbocycles. The second kappa shape index (κ2) is 5.94. The minimum atomic E-state index is 0. The minimum absolute atomic E-state index is 0. The van der Waals surface area contributed by atoms with Gasteiger partial charge in [0.25, 0.3) is 0 Å². The molecule has 0 N–H and O–H groups in total. The van der Waals surface area contributed by atoms with Crippen LogP contribution in [0.1, 0.15) is 0 Å². The van der Waals surface area contributed by atoms with Gasteiger partial charge in [0.15, 0.2) is 0 Å². The summed E-state index contributed by atoms with van der Waals surface area (Å²) in [6, 6.07) is 23.4. The van der Waals surface area contributed by atoms with Gasteiger partial charge in [0.2, 0.25) is 0 Å². The van der Waals surface area contributed by atoms with Gasteiger partial charge in [-0.25, -0.2) is 0 Å². The van der Waals surface area contributed by atoms with Crippen LogP contribution in [0.4, 0.5) is 0 Å². The summed E-state index contributed by atoms with van der Waals surface area (Å²) in [6.45, 7) is 0. The van der Waals surface area contributed by atoms with E-state index in [1.54, 1.807) is 0 Å². The quantitative estimate of drug-likeness (QED) is 0.432. The normalized spacial score (nSPS) is 9.41. The molecule has 0 aliphatic heterocycles. The maximum atomic E-state index is 2.19. The van der Waals surface area contributed by atoms with Crippen molar-refractivity contribution < 1.29 is 0 Å². The maximum absolute atomic E-state index is 2.19. The molecule has 80 valence electrons. The molecule has 0 spiro atoms. The monoisotopic (exact) mass is 230 g/mol. The van der Waals surface area contributed by atoms with Crippen molar-refractivity contribution in [2.75, 3.05) is 0 Å². The Morgan fingerprint density at radius 2 is 1.41 bits per heavy atom. The van der Waals surface area contributed by atoms with E-state index < -0.39 is 0 Å². The van der Waals surface area contributed by atoms with E-state index in [4.69, 9.17) is 0 Å². The third-order valence-corrected chi connectivity index (χ3v) is 2.77. The molecule has 1 heteroatoms. The van der Waals surface area contributed by atoms with Gasteiger partial charge in [-0.15, -0.1) is 46.7 Å². The Labute approximate surface area is 119 Å². The molecule has 0 atom stereocenters. The Morgan fingerprint density at radius 3 is 2.18 bits per heavy atom. The molecule has 0 amide bonds. The first-order valence-corrected chi connectivity index (χ1v) is 5.15. The van der Waals surface area contributed by atoms with Gasteiger partial charge in [0, 0.05) is 0 Å². The molecule has 0 bridgehead atoms. The van der Waals surface area contributed by atoms with Crippen LogP contribution in [0.2, 0.25) is 0 Å². The molecule has 0 heterocycles. The van der Waals surface area contributed by atoms with Gasteiger partial charge in [-0.05, 0) is 0 Å². The van der Waals surface area contributed by atoms with Crippen LogP contribution in [0.5, 0.6) is 0 Å². The fourth-order valence-corrected chi connectivity index (χ4v) is 2.02. The second-order valence-corrected chi connectivity index (χ2v) is 3.70. The van der Waals surface area contributed by atoms with Gasteiger partial charge in [-0.3, -0.25) is 0 Å². The fraction of sp³-hybridized carbons (Fsp3) is 0. The molecule has 0 fully saturated rings. The molecule has 0 saturated heterocycles. The van der Waals surface area contributed by atoms with E-state index in [0.29, 0.717) is 0 Å². The number of fused-ring (bicyclic) bond motifs is 1. The van der Waals surface area contributed by atoms with E-state index in [9.17, 15) is 0 Å². The summed E-state index contributed by atoms with van der Waals surface area (Å²) in [5.74, 6) is 0. The molecule has 0 radical (unpaired) electrons. The molecular formula is C16H14Mg. The Balaban J connectivity index is 0.000000722. The molecular weight excluding hydrogens is 216 g/mol. The SMILES string of the molecule is [CH3-].[Mg+2].c1ccc(-c2c[cH-]c3ccccc23)cc1.